The summed E-state index contributed by atoms with van der Waals surface area (Å²) in [5.74, 6) is 0.803. The van der Waals surface area contributed by atoms with Crippen molar-refractivity contribution in [2.45, 2.75) is 46.0 Å². The lowest BCUT2D eigenvalue weighted by atomic mass is 9.91. The van der Waals surface area contributed by atoms with Gasteiger partial charge in [0.2, 0.25) is 0 Å². The molecule has 1 nitrogen and oxygen atoms in total. The fourth-order valence-electron chi connectivity index (χ4n) is 3.38. The Balaban J connectivity index is 2.01. The average Bonchev–Trinajstić information content (AvgIpc) is 2.90. The molecule has 0 aliphatic heterocycles. The van der Waals surface area contributed by atoms with Gasteiger partial charge in [-0.25, -0.2) is 0 Å². The largest absolute Gasteiger partial charge is 0.354 e. The molecule has 1 unspecified atom stereocenters. The number of para-hydroxylation sites is 1. The summed E-state index contributed by atoms with van der Waals surface area (Å²) in [7, 11) is 0. The molecule has 22 heavy (non-hydrogen) atoms. The molecule has 0 fully saturated rings. The van der Waals surface area contributed by atoms with Crippen LogP contribution in [0.2, 0.25) is 0 Å². The molecule has 1 atom stereocenters. The minimum Gasteiger partial charge on any atom is -0.354 e. The van der Waals surface area contributed by atoms with Gasteiger partial charge in [0.1, 0.15) is 0 Å². The first-order valence-corrected chi connectivity index (χ1v) is 9.49. The van der Waals surface area contributed by atoms with Gasteiger partial charge in [-0.2, -0.15) is 0 Å². The van der Waals surface area contributed by atoms with Gasteiger partial charge in [-0.15, -0.1) is 0 Å². The molecule has 116 valence electrons. The van der Waals surface area contributed by atoms with Gasteiger partial charge in [0.25, 0.3) is 0 Å². The lowest BCUT2D eigenvalue weighted by Crippen LogP contribution is -2.03. The van der Waals surface area contributed by atoms with Crippen LogP contribution in [-0.4, -0.2) is 4.98 Å². The molecule has 0 aliphatic rings. The summed E-state index contributed by atoms with van der Waals surface area (Å²) in [6.07, 6.45) is 6.46. The maximum atomic E-state index is 3.66. The van der Waals surface area contributed by atoms with Crippen molar-refractivity contribution in [2.75, 3.05) is 0 Å². The maximum absolute atomic E-state index is 3.66. The van der Waals surface area contributed by atoms with Crippen LogP contribution in [0.3, 0.4) is 0 Å². The highest BCUT2D eigenvalue weighted by Crippen LogP contribution is 2.31. The highest BCUT2D eigenvalue weighted by Gasteiger charge is 2.12. The molecule has 0 bridgehead atoms. The summed E-state index contributed by atoms with van der Waals surface area (Å²) in [6.45, 7) is 4.61. The Hall–Kier alpha value is -1.03. The molecule has 1 N–H and O–H groups in total. The van der Waals surface area contributed by atoms with E-state index in [1.807, 2.05) is 0 Å². The van der Waals surface area contributed by atoms with Gasteiger partial charge in [0.05, 0.1) is 0 Å². The van der Waals surface area contributed by atoms with Crippen molar-refractivity contribution < 1.29 is 0 Å². The van der Waals surface area contributed by atoms with Crippen LogP contribution in [0.15, 0.2) is 36.4 Å². The smallest absolute Gasteiger partial charge is 0.0497 e. The van der Waals surface area contributed by atoms with E-state index in [0.717, 1.165) is 5.92 Å². The van der Waals surface area contributed by atoms with Gasteiger partial charge in [-0.1, -0.05) is 57.7 Å². The predicted molar refractivity (Wildman–Crippen MR) is 106 cm³/mol. The van der Waals surface area contributed by atoms with Crippen molar-refractivity contribution in [1.82, 2.24) is 4.98 Å². The van der Waals surface area contributed by atoms with E-state index in [4.69, 9.17) is 0 Å². The number of fused-ring (bicyclic) bond motifs is 3. The third kappa shape index (κ3) is 3.17. The molecule has 0 amide bonds. The monoisotopic (exact) mass is 405 g/mol. The number of rotatable bonds is 6. The zero-order valence-corrected chi connectivity index (χ0v) is 15.6. The number of hydrogen-bond donors (Lipinski definition) is 1. The molecule has 1 aromatic heterocycles. The predicted octanol–water partition coefficient (Wildman–Crippen LogP) is 6.68. The Bertz CT molecular complexity index is 772. The molecule has 2 aromatic carbocycles. The fourth-order valence-corrected chi connectivity index (χ4v) is 3.87. The van der Waals surface area contributed by atoms with Crippen LogP contribution in [-0.2, 0) is 6.42 Å². The number of benzene rings is 2. The average molecular weight is 405 g/mol. The van der Waals surface area contributed by atoms with Gasteiger partial charge in [0.15, 0.2) is 0 Å². The highest BCUT2D eigenvalue weighted by atomic mass is 127. The Kier molecular flexibility index (Phi) is 5.07. The van der Waals surface area contributed by atoms with E-state index < -0.39 is 0 Å². The molecule has 0 spiro atoms. The standard InChI is InChI=1S/C20H24IN/c1-3-5-7-14(4-2)12-15-8-6-9-17-18-13-16(21)10-11-19(18)22-20(15)17/h6,8-11,13-14,22H,3-5,7,12H2,1-2H3. The van der Waals surface area contributed by atoms with E-state index in [-0.39, 0.29) is 0 Å². The number of hydrogen-bond acceptors (Lipinski definition) is 0. The lowest BCUT2D eigenvalue weighted by molar-refractivity contribution is 0.450. The number of nitrogens with one attached hydrogen (secondary N) is 1. The van der Waals surface area contributed by atoms with Gasteiger partial charge in [-0.05, 0) is 58.7 Å². The normalized spacial score (nSPS) is 13.0. The first-order chi connectivity index (χ1) is 10.7. The Morgan fingerprint density at radius 2 is 1.95 bits per heavy atom. The van der Waals surface area contributed by atoms with Gasteiger partial charge >= 0.3 is 0 Å². The lowest BCUT2D eigenvalue weighted by Gasteiger charge is -2.15. The highest BCUT2D eigenvalue weighted by molar-refractivity contribution is 14.1. The second-order valence-electron chi connectivity index (χ2n) is 6.28. The second-order valence-corrected chi connectivity index (χ2v) is 7.52. The quantitative estimate of drug-likeness (QED) is 0.440. The van der Waals surface area contributed by atoms with Crippen molar-refractivity contribution in [3.8, 4) is 0 Å². The van der Waals surface area contributed by atoms with Crippen LogP contribution in [0.25, 0.3) is 21.8 Å². The van der Waals surface area contributed by atoms with Crippen LogP contribution < -0.4 is 0 Å². The van der Waals surface area contributed by atoms with Crippen molar-refractivity contribution in [3.63, 3.8) is 0 Å². The van der Waals surface area contributed by atoms with E-state index >= 15 is 0 Å². The first-order valence-electron chi connectivity index (χ1n) is 8.41. The third-order valence-corrected chi connectivity index (χ3v) is 5.41. The number of H-pyrrole nitrogens is 1. The summed E-state index contributed by atoms with van der Waals surface area (Å²) in [4.78, 5) is 3.66. The Morgan fingerprint density at radius 3 is 2.73 bits per heavy atom. The molecule has 0 aliphatic carbocycles. The SMILES string of the molecule is CCCCC(CC)Cc1cccc2c1[nH]c1ccc(I)cc12. The van der Waals surface area contributed by atoms with Crippen molar-refractivity contribution in [3.05, 3.63) is 45.5 Å². The van der Waals surface area contributed by atoms with E-state index in [1.165, 1.54) is 63.0 Å². The van der Waals surface area contributed by atoms with Crippen molar-refractivity contribution >= 4 is 44.4 Å². The van der Waals surface area contributed by atoms with Crippen molar-refractivity contribution in [1.29, 1.82) is 0 Å². The molecular weight excluding hydrogens is 381 g/mol. The van der Waals surface area contributed by atoms with E-state index in [2.05, 4.69) is 77.8 Å². The number of unbranched alkanes of at least 4 members (excludes halogenated alkanes) is 1. The summed E-state index contributed by atoms with van der Waals surface area (Å²) < 4.78 is 1.30. The van der Waals surface area contributed by atoms with Crippen molar-refractivity contribution in [2.24, 2.45) is 5.92 Å². The van der Waals surface area contributed by atoms with Crippen LogP contribution >= 0.6 is 22.6 Å². The second kappa shape index (κ2) is 7.03. The first kappa shape index (κ1) is 15.9. The molecule has 0 radical (unpaired) electrons. The minimum atomic E-state index is 0.803. The zero-order valence-electron chi connectivity index (χ0n) is 13.5. The number of halogens is 1. The fraction of sp³-hybridized carbons (Fsp3) is 0.400. The Labute approximate surface area is 146 Å². The molecular formula is C20H24IN. The molecule has 1 heterocycles. The van der Waals surface area contributed by atoms with Crippen LogP contribution in [0.1, 0.15) is 45.1 Å². The summed E-state index contributed by atoms with van der Waals surface area (Å²) in [5, 5.41) is 2.72. The van der Waals surface area contributed by atoms with Gasteiger partial charge < -0.3 is 4.98 Å². The zero-order chi connectivity index (χ0) is 15.5. The number of aromatic nitrogens is 1. The van der Waals surface area contributed by atoms with Crippen LogP contribution in [0.4, 0.5) is 0 Å². The van der Waals surface area contributed by atoms with Crippen LogP contribution in [0.5, 0.6) is 0 Å². The molecule has 3 aromatic rings. The van der Waals surface area contributed by atoms with E-state index in [9.17, 15) is 0 Å². The third-order valence-electron chi connectivity index (χ3n) is 4.73. The number of aromatic amines is 1. The molecule has 3 rings (SSSR count). The minimum absolute atomic E-state index is 0.803. The van der Waals surface area contributed by atoms with Crippen LogP contribution in [0, 0.1) is 9.49 Å². The summed E-state index contributed by atoms with van der Waals surface area (Å²) in [6, 6.07) is 13.4. The van der Waals surface area contributed by atoms with E-state index in [1.54, 1.807) is 0 Å². The molecule has 0 saturated heterocycles. The van der Waals surface area contributed by atoms with Gasteiger partial charge in [-0.3, -0.25) is 0 Å². The Morgan fingerprint density at radius 1 is 1.09 bits per heavy atom. The molecule has 0 saturated carbocycles. The molecule has 2 heteroatoms. The maximum Gasteiger partial charge on any atom is 0.0497 e. The summed E-state index contributed by atoms with van der Waals surface area (Å²) >= 11 is 2.39. The topological polar surface area (TPSA) is 15.8 Å². The summed E-state index contributed by atoms with van der Waals surface area (Å²) in [5.41, 5.74) is 4.07. The van der Waals surface area contributed by atoms with E-state index in [0.29, 0.717) is 0 Å². The van der Waals surface area contributed by atoms with Gasteiger partial charge in [0, 0.05) is 25.4 Å².